The molecule has 0 fully saturated rings. The van der Waals surface area contributed by atoms with Gasteiger partial charge in [0.2, 0.25) is 0 Å². The van der Waals surface area contributed by atoms with Crippen molar-refractivity contribution >= 4 is 10.8 Å². The van der Waals surface area contributed by atoms with Gasteiger partial charge in [-0.2, -0.15) is 0 Å². The number of aryl methyl sites for hydroxylation is 1. The third-order valence-corrected chi connectivity index (χ3v) is 3.68. The lowest BCUT2D eigenvalue weighted by molar-refractivity contribution is 0.303. The van der Waals surface area contributed by atoms with E-state index in [0.717, 1.165) is 35.1 Å². The molecular weight excluding hydrogens is 276 g/mol. The van der Waals surface area contributed by atoms with Gasteiger partial charge in [-0.1, -0.05) is 43.7 Å². The third kappa shape index (κ3) is 2.89. The summed E-state index contributed by atoms with van der Waals surface area (Å²) >= 11 is 0. The minimum Gasteiger partial charge on any atom is -0.489 e. The monoisotopic (exact) mass is 294 g/mol. The molecule has 0 bridgehead atoms. The fraction of sp³-hybridized carbons (Fsp3) is 0.211. The number of hydrogen-bond acceptors (Lipinski definition) is 3. The largest absolute Gasteiger partial charge is 0.489 e. The molecule has 0 amide bonds. The fourth-order valence-corrected chi connectivity index (χ4v) is 2.62. The molecule has 22 heavy (non-hydrogen) atoms. The summed E-state index contributed by atoms with van der Waals surface area (Å²) in [6.07, 6.45) is 3.30. The molecule has 3 nitrogen and oxygen atoms in total. The van der Waals surface area contributed by atoms with Gasteiger partial charge in [0.05, 0.1) is 11.6 Å². The van der Waals surface area contributed by atoms with E-state index in [-0.39, 0.29) is 5.63 Å². The van der Waals surface area contributed by atoms with Crippen LogP contribution in [0.5, 0.6) is 5.75 Å². The maximum Gasteiger partial charge on any atom is 0.343 e. The highest BCUT2D eigenvalue weighted by atomic mass is 16.5. The molecule has 1 aromatic heterocycles. The van der Waals surface area contributed by atoms with E-state index in [0.29, 0.717) is 12.0 Å². The smallest absolute Gasteiger partial charge is 0.343 e. The van der Waals surface area contributed by atoms with Crippen LogP contribution >= 0.6 is 0 Å². The molecule has 0 saturated carbocycles. The van der Waals surface area contributed by atoms with Gasteiger partial charge in [-0.15, -0.1) is 0 Å². The molecule has 3 rings (SSSR count). The summed E-state index contributed by atoms with van der Waals surface area (Å²) in [6.45, 7) is 2.63. The van der Waals surface area contributed by atoms with Crippen molar-refractivity contribution in [2.24, 2.45) is 0 Å². The maximum absolute atomic E-state index is 11.8. The zero-order valence-electron chi connectivity index (χ0n) is 12.5. The van der Waals surface area contributed by atoms with Gasteiger partial charge in [-0.25, -0.2) is 4.79 Å². The van der Waals surface area contributed by atoms with Crippen LogP contribution in [-0.4, -0.2) is 0 Å². The van der Waals surface area contributed by atoms with Gasteiger partial charge in [0.25, 0.3) is 0 Å². The van der Waals surface area contributed by atoms with Gasteiger partial charge in [-0.3, -0.25) is 0 Å². The summed E-state index contributed by atoms with van der Waals surface area (Å²) in [4.78, 5) is 11.8. The minimum absolute atomic E-state index is 0.301. The van der Waals surface area contributed by atoms with Gasteiger partial charge < -0.3 is 9.15 Å². The molecule has 0 radical (unpaired) electrons. The average Bonchev–Trinajstić information content (AvgIpc) is 2.56. The van der Waals surface area contributed by atoms with Crippen LogP contribution in [0.1, 0.15) is 24.5 Å². The van der Waals surface area contributed by atoms with E-state index in [2.05, 4.69) is 6.92 Å². The second-order valence-electron chi connectivity index (χ2n) is 5.24. The molecule has 0 aliphatic rings. The molecule has 0 atom stereocenters. The van der Waals surface area contributed by atoms with Gasteiger partial charge in [-0.05, 0) is 35.6 Å². The van der Waals surface area contributed by atoms with Crippen molar-refractivity contribution in [3.8, 4) is 5.75 Å². The topological polar surface area (TPSA) is 39.4 Å². The van der Waals surface area contributed by atoms with E-state index in [9.17, 15) is 4.79 Å². The Bertz CT molecular complexity index is 819. The van der Waals surface area contributed by atoms with Crippen LogP contribution in [0.25, 0.3) is 10.8 Å². The number of benzene rings is 2. The summed E-state index contributed by atoms with van der Waals surface area (Å²) in [5, 5.41) is 1.53. The Morgan fingerprint density at radius 3 is 2.59 bits per heavy atom. The number of fused-ring (bicyclic) bond motifs is 1. The molecule has 0 saturated heterocycles. The van der Waals surface area contributed by atoms with Crippen LogP contribution in [0.2, 0.25) is 0 Å². The number of hydrogen-bond donors (Lipinski definition) is 0. The van der Waals surface area contributed by atoms with Crippen molar-refractivity contribution in [1.82, 2.24) is 0 Å². The van der Waals surface area contributed by atoms with Crippen molar-refractivity contribution in [1.29, 1.82) is 0 Å². The van der Waals surface area contributed by atoms with Crippen LogP contribution in [0.4, 0.5) is 0 Å². The summed E-state index contributed by atoms with van der Waals surface area (Å²) < 4.78 is 10.9. The highest BCUT2D eigenvalue weighted by molar-refractivity contribution is 5.86. The van der Waals surface area contributed by atoms with Gasteiger partial charge in [0.15, 0.2) is 0 Å². The first-order valence-corrected chi connectivity index (χ1v) is 7.49. The predicted molar refractivity (Wildman–Crippen MR) is 87.3 cm³/mol. The van der Waals surface area contributed by atoms with E-state index in [1.807, 2.05) is 42.5 Å². The summed E-state index contributed by atoms with van der Waals surface area (Å²) in [5.41, 5.74) is 1.89. The quantitative estimate of drug-likeness (QED) is 0.703. The Balaban J connectivity index is 1.98. The van der Waals surface area contributed by atoms with Crippen molar-refractivity contribution in [3.63, 3.8) is 0 Å². The first-order chi connectivity index (χ1) is 10.8. The van der Waals surface area contributed by atoms with Crippen molar-refractivity contribution < 1.29 is 9.15 Å². The zero-order chi connectivity index (χ0) is 15.4. The van der Waals surface area contributed by atoms with Crippen LogP contribution in [0, 0.1) is 0 Å². The second kappa shape index (κ2) is 6.48. The van der Waals surface area contributed by atoms with Crippen LogP contribution in [0.15, 0.2) is 64.0 Å². The first kappa shape index (κ1) is 14.4. The lowest BCUT2D eigenvalue weighted by Gasteiger charge is -2.13. The molecule has 0 N–H and O–H groups in total. The Morgan fingerprint density at radius 1 is 1.00 bits per heavy atom. The Labute approximate surface area is 129 Å². The standard InChI is InChI=1S/C19H18O3/c1-2-6-16-15-11-12-21-19(20)17(15)9-10-18(16)22-13-14-7-4-3-5-8-14/h3-5,7-12H,2,6,13H2,1H3. The SMILES string of the molecule is CCCc1c(OCc2ccccc2)ccc2c(=O)occc12. The van der Waals surface area contributed by atoms with Gasteiger partial charge >= 0.3 is 5.63 Å². The summed E-state index contributed by atoms with van der Waals surface area (Å²) in [6, 6.07) is 15.5. The molecule has 0 aliphatic heterocycles. The predicted octanol–water partition coefficient (Wildman–Crippen LogP) is 4.32. The highest BCUT2D eigenvalue weighted by Crippen LogP contribution is 2.28. The lowest BCUT2D eigenvalue weighted by Crippen LogP contribution is -2.03. The maximum atomic E-state index is 11.8. The fourth-order valence-electron chi connectivity index (χ4n) is 2.62. The average molecular weight is 294 g/mol. The Kier molecular flexibility index (Phi) is 4.24. The van der Waals surface area contributed by atoms with E-state index in [1.54, 1.807) is 6.07 Å². The first-order valence-electron chi connectivity index (χ1n) is 7.49. The van der Waals surface area contributed by atoms with E-state index < -0.39 is 0 Å². The van der Waals surface area contributed by atoms with E-state index in [4.69, 9.17) is 9.15 Å². The molecule has 0 aliphatic carbocycles. The van der Waals surface area contributed by atoms with Crippen LogP contribution in [-0.2, 0) is 13.0 Å². The summed E-state index contributed by atoms with van der Waals surface area (Å²) in [5.74, 6) is 0.837. The molecule has 0 spiro atoms. The molecule has 2 aromatic carbocycles. The molecule has 1 heterocycles. The normalized spacial score (nSPS) is 10.8. The minimum atomic E-state index is -0.301. The second-order valence-corrected chi connectivity index (χ2v) is 5.24. The van der Waals surface area contributed by atoms with Gasteiger partial charge in [0.1, 0.15) is 12.4 Å². The summed E-state index contributed by atoms with van der Waals surface area (Å²) in [7, 11) is 0. The molecule has 0 unspecified atom stereocenters. The van der Waals surface area contributed by atoms with Gasteiger partial charge in [0, 0.05) is 5.56 Å². The number of ether oxygens (including phenoxy) is 1. The third-order valence-electron chi connectivity index (χ3n) is 3.68. The molecule has 3 heteroatoms. The lowest BCUT2D eigenvalue weighted by atomic mass is 10.0. The van der Waals surface area contributed by atoms with E-state index >= 15 is 0 Å². The Morgan fingerprint density at radius 2 is 1.82 bits per heavy atom. The van der Waals surface area contributed by atoms with E-state index in [1.165, 1.54) is 6.26 Å². The molecule has 3 aromatic rings. The van der Waals surface area contributed by atoms with Crippen LogP contribution < -0.4 is 10.4 Å². The van der Waals surface area contributed by atoms with Crippen molar-refractivity contribution in [2.75, 3.05) is 0 Å². The molecule has 112 valence electrons. The highest BCUT2D eigenvalue weighted by Gasteiger charge is 2.11. The van der Waals surface area contributed by atoms with Crippen molar-refractivity contribution in [2.45, 2.75) is 26.4 Å². The molecular formula is C19H18O3. The zero-order valence-corrected chi connectivity index (χ0v) is 12.5. The number of rotatable bonds is 5. The van der Waals surface area contributed by atoms with Crippen molar-refractivity contribution in [3.05, 3.63) is 76.3 Å². The Hall–Kier alpha value is -2.55. The van der Waals surface area contributed by atoms with Crippen LogP contribution in [0.3, 0.4) is 0 Å².